The highest BCUT2D eigenvalue weighted by atomic mass is 16.4. The predicted octanol–water partition coefficient (Wildman–Crippen LogP) is 6.62. The zero-order chi connectivity index (χ0) is 29.2. The third kappa shape index (κ3) is 4.97. The summed E-state index contributed by atoms with van der Waals surface area (Å²) in [5.74, 6) is 0.435. The third-order valence-electron chi connectivity index (χ3n) is 7.53. The number of nitriles is 1. The summed E-state index contributed by atoms with van der Waals surface area (Å²) in [6, 6.07) is 26.0. The molecule has 0 aliphatic rings. The van der Waals surface area contributed by atoms with E-state index < -0.39 is 5.97 Å². The summed E-state index contributed by atoms with van der Waals surface area (Å²) in [7, 11) is 0. The Morgan fingerprint density at radius 3 is 2.64 bits per heavy atom. The van der Waals surface area contributed by atoms with Crippen molar-refractivity contribution in [1.29, 1.82) is 5.26 Å². The Kier molecular flexibility index (Phi) is 7.16. The fraction of sp³-hybridized carbons (Fsp3) is 0.176. The Balaban J connectivity index is 1.41. The highest BCUT2D eigenvalue weighted by Crippen LogP contribution is 2.31. The molecule has 0 aliphatic heterocycles. The number of fused-ring (bicyclic) bond motifs is 2. The minimum atomic E-state index is -1.03. The molecular weight excluding hydrogens is 528 g/mol. The molecule has 8 heteroatoms. The predicted molar refractivity (Wildman–Crippen MR) is 161 cm³/mol. The van der Waals surface area contributed by atoms with Crippen molar-refractivity contribution in [3.8, 4) is 17.4 Å². The van der Waals surface area contributed by atoms with Crippen LogP contribution in [0.1, 0.15) is 52.6 Å². The van der Waals surface area contributed by atoms with Crippen molar-refractivity contribution in [3.05, 3.63) is 123 Å². The van der Waals surface area contributed by atoms with Gasteiger partial charge in [-0.05, 0) is 60.0 Å². The molecule has 6 rings (SSSR count). The Morgan fingerprint density at radius 2 is 1.83 bits per heavy atom. The zero-order valence-electron chi connectivity index (χ0n) is 23.1. The van der Waals surface area contributed by atoms with Crippen molar-refractivity contribution in [3.63, 3.8) is 0 Å². The van der Waals surface area contributed by atoms with E-state index in [0.29, 0.717) is 40.0 Å². The number of unbranched alkanes of at least 4 members (excludes halogenated alkanes) is 1. The van der Waals surface area contributed by atoms with Crippen LogP contribution in [0.4, 0.5) is 0 Å². The Hall–Kier alpha value is -5.42. The van der Waals surface area contributed by atoms with Crippen molar-refractivity contribution in [1.82, 2.24) is 14.1 Å². The first-order valence-corrected chi connectivity index (χ1v) is 13.9. The lowest BCUT2D eigenvalue weighted by molar-refractivity contribution is 0.0695. The Labute approximate surface area is 241 Å². The molecule has 0 atom stereocenters. The molecule has 3 heterocycles. The van der Waals surface area contributed by atoms with Crippen molar-refractivity contribution in [2.75, 3.05) is 0 Å². The van der Waals surface area contributed by atoms with Crippen molar-refractivity contribution in [2.45, 2.75) is 39.3 Å². The number of imidazole rings is 1. The van der Waals surface area contributed by atoms with Gasteiger partial charge in [0.25, 0.3) is 5.56 Å². The van der Waals surface area contributed by atoms with E-state index in [1.807, 2.05) is 53.1 Å². The average molecular weight is 557 g/mol. The Morgan fingerprint density at radius 1 is 1.02 bits per heavy atom. The van der Waals surface area contributed by atoms with Gasteiger partial charge < -0.3 is 18.7 Å². The van der Waals surface area contributed by atoms with Gasteiger partial charge in [-0.2, -0.15) is 5.26 Å². The largest absolute Gasteiger partial charge is 0.478 e. The van der Waals surface area contributed by atoms with Gasteiger partial charge in [0.15, 0.2) is 0 Å². The van der Waals surface area contributed by atoms with Gasteiger partial charge >= 0.3 is 5.97 Å². The van der Waals surface area contributed by atoms with Crippen LogP contribution in [0.5, 0.6) is 0 Å². The zero-order valence-corrected chi connectivity index (χ0v) is 23.1. The molecule has 0 fully saturated rings. The number of furan rings is 1. The van der Waals surface area contributed by atoms with Crippen LogP contribution in [-0.4, -0.2) is 25.2 Å². The van der Waals surface area contributed by atoms with Crippen LogP contribution in [0.15, 0.2) is 94.3 Å². The summed E-state index contributed by atoms with van der Waals surface area (Å²) in [6.07, 6.45) is 4.34. The lowest BCUT2D eigenvalue weighted by Gasteiger charge is -2.12. The highest BCUT2D eigenvalue weighted by Gasteiger charge is 2.18. The lowest BCUT2D eigenvalue weighted by atomic mass is 10.1. The number of benzene rings is 3. The monoisotopic (exact) mass is 556 g/mol. The molecule has 42 heavy (non-hydrogen) atoms. The molecule has 0 bridgehead atoms. The molecule has 8 nitrogen and oxygen atoms in total. The first-order chi connectivity index (χ1) is 20.5. The molecule has 3 aromatic heterocycles. The minimum Gasteiger partial charge on any atom is -0.478 e. The van der Waals surface area contributed by atoms with Crippen LogP contribution < -0.4 is 5.56 Å². The fourth-order valence-corrected chi connectivity index (χ4v) is 5.40. The number of nitrogens with zero attached hydrogens (tertiary/aromatic N) is 4. The van der Waals surface area contributed by atoms with Gasteiger partial charge in [0.2, 0.25) is 0 Å². The lowest BCUT2D eigenvalue weighted by Crippen LogP contribution is -2.23. The number of aryl methyl sites for hydroxylation is 1. The van der Waals surface area contributed by atoms with Gasteiger partial charge in [0.05, 0.1) is 29.3 Å². The summed E-state index contributed by atoms with van der Waals surface area (Å²) in [5, 5.41) is 20.0. The summed E-state index contributed by atoms with van der Waals surface area (Å²) in [4.78, 5) is 30.4. The summed E-state index contributed by atoms with van der Waals surface area (Å²) < 4.78 is 9.62. The maximum Gasteiger partial charge on any atom is 0.336 e. The standard InChI is InChI=1S/C34H28N4O4/c1-2-3-12-31-36-28-15-16-37(21-24-9-5-7-11-27(24)34(40)41)33(39)32(28)38(31)20-22-13-14-29-25(17-22)18-30(42-29)26-10-6-4-8-23(26)19-35/h4-11,13-18H,2-3,12,20-21H2,1H3,(H,40,41). The smallest absolute Gasteiger partial charge is 0.336 e. The number of pyridine rings is 1. The second-order valence-corrected chi connectivity index (χ2v) is 10.3. The number of aromatic carboxylic acids is 1. The second kappa shape index (κ2) is 11.2. The molecule has 0 unspecified atom stereocenters. The number of carbonyl (C=O) groups is 1. The summed E-state index contributed by atoms with van der Waals surface area (Å²) >= 11 is 0. The second-order valence-electron chi connectivity index (χ2n) is 10.3. The maximum absolute atomic E-state index is 13.9. The van der Waals surface area contributed by atoms with Crippen molar-refractivity contribution in [2.24, 2.45) is 0 Å². The van der Waals surface area contributed by atoms with Gasteiger partial charge in [0.1, 0.15) is 22.7 Å². The van der Waals surface area contributed by atoms with Crippen LogP contribution in [-0.2, 0) is 19.5 Å². The number of carboxylic acid groups (broad SMARTS) is 1. The third-order valence-corrected chi connectivity index (χ3v) is 7.53. The molecular formula is C34H28N4O4. The minimum absolute atomic E-state index is 0.140. The van der Waals surface area contributed by atoms with E-state index in [9.17, 15) is 20.0 Å². The average Bonchev–Trinajstić information content (AvgIpc) is 3.59. The van der Waals surface area contributed by atoms with Gasteiger partial charge in [-0.1, -0.05) is 49.7 Å². The maximum atomic E-state index is 13.9. The quantitative estimate of drug-likeness (QED) is 0.214. The molecule has 0 radical (unpaired) electrons. The Bertz CT molecular complexity index is 2060. The van der Waals surface area contributed by atoms with E-state index in [-0.39, 0.29) is 17.7 Å². The molecule has 0 aliphatic carbocycles. The van der Waals surface area contributed by atoms with Gasteiger partial charge in [-0.3, -0.25) is 4.79 Å². The number of carboxylic acids is 1. The summed E-state index contributed by atoms with van der Waals surface area (Å²) in [6.45, 7) is 2.70. The first kappa shape index (κ1) is 26.8. The summed E-state index contributed by atoms with van der Waals surface area (Å²) in [5.41, 5.74) is 4.60. The molecule has 1 N–H and O–H groups in total. The number of rotatable bonds is 9. The van der Waals surface area contributed by atoms with E-state index in [4.69, 9.17) is 9.40 Å². The van der Waals surface area contributed by atoms with E-state index in [2.05, 4.69) is 13.0 Å². The molecule has 0 saturated heterocycles. The first-order valence-electron chi connectivity index (χ1n) is 13.9. The van der Waals surface area contributed by atoms with Crippen LogP contribution in [0.3, 0.4) is 0 Å². The molecule has 208 valence electrons. The van der Waals surface area contributed by atoms with E-state index in [0.717, 1.165) is 41.6 Å². The number of aromatic nitrogens is 3. The van der Waals surface area contributed by atoms with Crippen molar-refractivity contribution < 1.29 is 14.3 Å². The topological polar surface area (TPSA) is 114 Å². The van der Waals surface area contributed by atoms with E-state index in [1.54, 1.807) is 41.1 Å². The van der Waals surface area contributed by atoms with Crippen LogP contribution in [0.25, 0.3) is 33.3 Å². The number of hydrogen-bond acceptors (Lipinski definition) is 5. The SMILES string of the molecule is CCCCc1nc2ccn(Cc3ccccc3C(=O)O)c(=O)c2n1Cc1ccc2oc(-c3ccccc3C#N)cc2c1. The molecule has 0 amide bonds. The highest BCUT2D eigenvalue weighted by molar-refractivity contribution is 5.89. The number of hydrogen-bond donors (Lipinski definition) is 1. The van der Waals surface area contributed by atoms with Crippen LogP contribution in [0.2, 0.25) is 0 Å². The van der Waals surface area contributed by atoms with Crippen molar-refractivity contribution >= 4 is 28.0 Å². The normalized spacial score (nSPS) is 11.2. The van der Waals surface area contributed by atoms with Crippen LogP contribution in [0, 0.1) is 11.3 Å². The molecule has 0 saturated carbocycles. The van der Waals surface area contributed by atoms with Gasteiger partial charge in [0, 0.05) is 30.1 Å². The van der Waals surface area contributed by atoms with Gasteiger partial charge in [-0.25, -0.2) is 9.78 Å². The van der Waals surface area contributed by atoms with Gasteiger partial charge in [-0.15, -0.1) is 0 Å². The van der Waals surface area contributed by atoms with E-state index in [1.165, 1.54) is 0 Å². The fourth-order valence-electron chi connectivity index (χ4n) is 5.40. The van der Waals surface area contributed by atoms with Crippen LogP contribution >= 0.6 is 0 Å². The molecule has 3 aromatic carbocycles. The van der Waals surface area contributed by atoms with E-state index >= 15 is 0 Å². The molecule has 0 spiro atoms. The molecule has 6 aromatic rings.